The van der Waals surface area contributed by atoms with Crippen LogP contribution < -0.4 is 0 Å². The molecule has 2 nitrogen and oxygen atoms in total. The molecule has 1 aliphatic rings. The molecule has 0 N–H and O–H groups in total. The van der Waals surface area contributed by atoms with Gasteiger partial charge in [-0.2, -0.15) is 0 Å². The van der Waals surface area contributed by atoms with E-state index < -0.39 is 0 Å². The molecule has 1 atom stereocenters. The van der Waals surface area contributed by atoms with Gasteiger partial charge in [-0.05, 0) is 18.1 Å². The minimum Gasteiger partial charge on any atom is -0.376 e. The van der Waals surface area contributed by atoms with Gasteiger partial charge in [0, 0.05) is 12.3 Å². The molecular formula is C14H16O2. The molecular weight excluding hydrogens is 200 g/mol. The van der Waals surface area contributed by atoms with Crippen LogP contribution in [0.3, 0.4) is 0 Å². The second-order valence-corrected chi connectivity index (χ2v) is 4.12. The van der Waals surface area contributed by atoms with Crippen LogP contribution in [0.25, 0.3) is 0 Å². The van der Waals surface area contributed by atoms with Crippen molar-refractivity contribution in [3.05, 3.63) is 48.0 Å². The normalized spacial score (nSPS) is 20.0. The third kappa shape index (κ3) is 3.31. The summed E-state index contributed by atoms with van der Waals surface area (Å²) in [5, 5.41) is 0. The Morgan fingerprint density at radius 1 is 1.25 bits per heavy atom. The largest absolute Gasteiger partial charge is 0.376 e. The number of carbonyl (C=O) groups is 1. The Bertz CT molecular complexity index is 368. The van der Waals surface area contributed by atoms with Crippen molar-refractivity contribution in [1.82, 2.24) is 0 Å². The third-order valence-electron chi connectivity index (χ3n) is 2.76. The Balaban J connectivity index is 1.73. The molecule has 0 unspecified atom stereocenters. The minimum absolute atomic E-state index is 0.235. The molecule has 0 radical (unpaired) electrons. The van der Waals surface area contributed by atoms with Crippen molar-refractivity contribution < 1.29 is 9.53 Å². The summed E-state index contributed by atoms with van der Waals surface area (Å²) in [6, 6.07) is 10.1. The average Bonchev–Trinajstić information content (AvgIpc) is 2.33. The first-order chi connectivity index (χ1) is 7.84. The fourth-order valence-electron chi connectivity index (χ4n) is 1.79. The van der Waals surface area contributed by atoms with E-state index in [0.717, 1.165) is 6.42 Å². The van der Waals surface area contributed by atoms with Crippen molar-refractivity contribution in [2.75, 3.05) is 6.61 Å². The molecule has 1 aromatic rings. The SMILES string of the molecule is O=C1C=C[C@@H](COCc2ccccc2)CC1. The summed E-state index contributed by atoms with van der Waals surface area (Å²) in [5.74, 6) is 0.640. The summed E-state index contributed by atoms with van der Waals surface area (Å²) in [4.78, 5) is 11.0. The maximum Gasteiger partial charge on any atom is 0.155 e. The number of ketones is 1. The summed E-state index contributed by atoms with van der Waals surface area (Å²) < 4.78 is 5.63. The van der Waals surface area contributed by atoms with Crippen LogP contribution in [0, 0.1) is 5.92 Å². The molecule has 0 saturated carbocycles. The van der Waals surface area contributed by atoms with E-state index in [9.17, 15) is 4.79 Å². The van der Waals surface area contributed by atoms with Gasteiger partial charge in [-0.1, -0.05) is 36.4 Å². The molecule has 84 valence electrons. The van der Waals surface area contributed by atoms with Crippen molar-refractivity contribution in [1.29, 1.82) is 0 Å². The van der Waals surface area contributed by atoms with E-state index in [2.05, 4.69) is 12.1 Å². The zero-order valence-electron chi connectivity index (χ0n) is 9.26. The molecule has 2 heteroatoms. The number of rotatable bonds is 4. The van der Waals surface area contributed by atoms with E-state index in [1.54, 1.807) is 6.08 Å². The van der Waals surface area contributed by atoms with Crippen LogP contribution in [0.1, 0.15) is 18.4 Å². The average molecular weight is 216 g/mol. The highest BCUT2D eigenvalue weighted by Crippen LogP contribution is 2.15. The highest BCUT2D eigenvalue weighted by atomic mass is 16.5. The van der Waals surface area contributed by atoms with Crippen molar-refractivity contribution in [3.8, 4) is 0 Å². The predicted molar refractivity (Wildman–Crippen MR) is 63.0 cm³/mol. The zero-order chi connectivity index (χ0) is 11.2. The first-order valence-corrected chi connectivity index (χ1v) is 5.67. The molecule has 0 saturated heterocycles. The van der Waals surface area contributed by atoms with Crippen molar-refractivity contribution in [2.45, 2.75) is 19.4 Å². The van der Waals surface area contributed by atoms with E-state index in [0.29, 0.717) is 25.6 Å². The molecule has 1 aromatic carbocycles. The van der Waals surface area contributed by atoms with Gasteiger partial charge in [0.2, 0.25) is 0 Å². The fraction of sp³-hybridized carbons (Fsp3) is 0.357. The summed E-state index contributed by atoms with van der Waals surface area (Å²) in [6.07, 6.45) is 5.23. The topological polar surface area (TPSA) is 26.3 Å². The molecule has 2 rings (SSSR count). The Hall–Kier alpha value is -1.41. The molecule has 1 aliphatic carbocycles. The number of allylic oxidation sites excluding steroid dienone is 1. The van der Waals surface area contributed by atoms with Crippen LogP contribution in [0.15, 0.2) is 42.5 Å². The second kappa shape index (κ2) is 5.61. The van der Waals surface area contributed by atoms with Crippen molar-refractivity contribution >= 4 is 5.78 Å². The quantitative estimate of drug-likeness (QED) is 0.773. The van der Waals surface area contributed by atoms with Crippen LogP contribution in [0.2, 0.25) is 0 Å². The minimum atomic E-state index is 0.235. The number of hydrogen-bond donors (Lipinski definition) is 0. The molecule has 0 fully saturated rings. The van der Waals surface area contributed by atoms with Gasteiger partial charge >= 0.3 is 0 Å². The van der Waals surface area contributed by atoms with Crippen LogP contribution in [-0.2, 0) is 16.1 Å². The Morgan fingerprint density at radius 2 is 2.06 bits per heavy atom. The highest BCUT2D eigenvalue weighted by molar-refractivity contribution is 5.90. The molecule has 0 heterocycles. The van der Waals surface area contributed by atoms with Gasteiger partial charge in [-0.25, -0.2) is 0 Å². The van der Waals surface area contributed by atoms with Crippen LogP contribution >= 0.6 is 0 Å². The maximum absolute atomic E-state index is 11.0. The molecule has 0 spiro atoms. The first-order valence-electron chi connectivity index (χ1n) is 5.67. The zero-order valence-corrected chi connectivity index (χ0v) is 9.26. The molecule has 0 aliphatic heterocycles. The van der Waals surface area contributed by atoms with E-state index >= 15 is 0 Å². The molecule has 0 amide bonds. The standard InChI is InChI=1S/C14H16O2/c15-14-8-6-13(7-9-14)11-16-10-12-4-2-1-3-5-12/h1-6,8,13H,7,9-11H2/t13-/m1/s1. The lowest BCUT2D eigenvalue weighted by atomic mass is 9.96. The van der Waals surface area contributed by atoms with E-state index in [4.69, 9.17) is 4.74 Å². The second-order valence-electron chi connectivity index (χ2n) is 4.12. The number of benzene rings is 1. The number of ether oxygens (including phenoxy) is 1. The van der Waals surface area contributed by atoms with Crippen LogP contribution in [-0.4, -0.2) is 12.4 Å². The molecule has 0 aromatic heterocycles. The lowest BCUT2D eigenvalue weighted by Crippen LogP contribution is -2.13. The van der Waals surface area contributed by atoms with Crippen LogP contribution in [0.4, 0.5) is 0 Å². The molecule has 0 bridgehead atoms. The first kappa shape index (κ1) is 11.1. The number of hydrogen-bond acceptors (Lipinski definition) is 2. The van der Waals surface area contributed by atoms with Gasteiger partial charge in [0.1, 0.15) is 0 Å². The van der Waals surface area contributed by atoms with Gasteiger partial charge < -0.3 is 4.74 Å². The van der Waals surface area contributed by atoms with Gasteiger partial charge in [-0.15, -0.1) is 0 Å². The van der Waals surface area contributed by atoms with Crippen LogP contribution in [0.5, 0.6) is 0 Å². The van der Waals surface area contributed by atoms with Gasteiger partial charge in [0.05, 0.1) is 13.2 Å². The van der Waals surface area contributed by atoms with Gasteiger partial charge in [0.25, 0.3) is 0 Å². The Kier molecular flexibility index (Phi) is 3.89. The summed E-state index contributed by atoms with van der Waals surface area (Å²) in [6.45, 7) is 1.36. The summed E-state index contributed by atoms with van der Waals surface area (Å²) in [5.41, 5.74) is 1.19. The Labute approximate surface area is 95.9 Å². The maximum atomic E-state index is 11.0. The fourth-order valence-corrected chi connectivity index (χ4v) is 1.79. The van der Waals surface area contributed by atoms with Gasteiger partial charge in [0.15, 0.2) is 5.78 Å². The third-order valence-corrected chi connectivity index (χ3v) is 2.76. The van der Waals surface area contributed by atoms with E-state index in [1.807, 2.05) is 24.3 Å². The summed E-state index contributed by atoms with van der Waals surface area (Å²) >= 11 is 0. The van der Waals surface area contributed by atoms with Crippen molar-refractivity contribution in [2.24, 2.45) is 5.92 Å². The van der Waals surface area contributed by atoms with Gasteiger partial charge in [-0.3, -0.25) is 4.79 Å². The lowest BCUT2D eigenvalue weighted by Gasteiger charge is -2.15. The highest BCUT2D eigenvalue weighted by Gasteiger charge is 2.12. The number of carbonyl (C=O) groups excluding carboxylic acids is 1. The predicted octanol–water partition coefficient (Wildman–Crippen LogP) is 2.74. The Morgan fingerprint density at radius 3 is 2.75 bits per heavy atom. The van der Waals surface area contributed by atoms with Crippen molar-refractivity contribution in [3.63, 3.8) is 0 Å². The molecule has 16 heavy (non-hydrogen) atoms. The smallest absolute Gasteiger partial charge is 0.155 e. The monoisotopic (exact) mass is 216 g/mol. The van der Waals surface area contributed by atoms with E-state index in [1.165, 1.54) is 5.56 Å². The van der Waals surface area contributed by atoms with E-state index in [-0.39, 0.29) is 5.78 Å². The summed E-state index contributed by atoms with van der Waals surface area (Å²) in [7, 11) is 0. The lowest BCUT2D eigenvalue weighted by molar-refractivity contribution is -0.115.